The van der Waals surface area contributed by atoms with E-state index in [1.807, 2.05) is 12.1 Å². The van der Waals surface area contributed by atoms with E-state index >= 15 is 0 Å². The molecule has 0 N–H and O–H groups in total. The zero-order chi connectivity index (χ0) is 11.3. The molecule has 0 heterocycles. The molecule has 0 radical (unpaired) electrons. The molecule has 1 rings (SSSR count). The van der Waals surface area contributed by atoms with Gasteiger partial charge in [-0.2, -0.15) is 0 Å². The Labute approximate surface area is 106 Å². The second-order valence-electron chi connectivity index (χ2n) is 3.46. The molecule has 0 saturated carbocycles. The minimum Gasteiger partial charge on any atom is -0.370 e. The fourth-order valence-corrected chi connectivity index (χ4v) is 2.49. The van der Waals surface area contributed by atoms with Gasteiger partial charge in [0.05, 0.1) is 10.7 Å². The van der Waals surface area contributed by atoms with Gasteiger partial charge in [0.25, 0.3) is 0 Å². The molecule has 0 spiro atoms. The van der Waals surface area contributed by atoms with Gasteiger partial charge in [0, 0.05) is 18.4 Å². The first-order valence-electron chi connectivity index (χ1n) is 5.32. The number of halogens is 2. The second-order valence-corrected chi connectivity index (χ2v) is 4.43. The highest BCUT2D eigenvalue weighted by Gasteiger charge is 2.11. The van der Waals surface area contributed by atoms with Crippen LogP contribution >= 0.6 is 27.5 Å². The topological polar surface area (TPSA) is 3.24 Å². The van der Waals surface area contributed by atoms with E-state index in [1.54, 1.807) is 0 Å². The van der Waals surface area contributed by atoms with Crippen molar-refractivity contribution in [3.8, 4) is 0 Å². The largest absolute Gasteiger partial charge is 0.370 e. The Kier molecular flexibility index (Phi) is 5.48. The van der Waals surface area contributed by atoms with Crippen LogP contribution < -0.4 is 4.90 Å². The molecular weight excluding hydrogens is 273 g/mol. The summed E-state index contributed by atoms with van der Waals surface area (Å²) in [6.07, 6.45) is 1.14. The first-order valence-corrected chi connectivity index (χ1v) is 6.82. The highest BCUT2D eigenvalue weighted by Crippen LogP contribution is 2.31. The third-order valence-corrected chi connectivity index (χ3v) is 3.31. The Bertz CT molecular complexity index is 314. The fourth-order valence-electron chi connectivity index (χ4n) is 1.72. The third-order valence-electron chi connectivity index (χ3n) is 2.41. The lowest BCUT2D eigenvalue weighted by Crippen LogP contribution is -2.24. The predicted molar refractivity (Wildman–Crippen MR) is 72.3 cm³/mol. The monoisotopic (exact) mass is 289 g/mol. The van der Waals surface area contributed by atoms with Gasteiger partial charge < -0.3 is 4.90 Å². The van der Waals surface area contributed by atoms with Gasteiger partial charge in [0.2, 0.25) is 0 Å². The van der Waals surface area contributed by atoms with Crippen molar-refractivity contribution in [1.29, 1.82) is 0 Å². The van der Waals surface area contributed by atoms with Crippen molar-refractivity contribution < 1.29 is 0 Å². The molecule has 0 amide bonds. The summed E-state index contributed by atoms with van der Waals surface area (Å²) in [5.74, 6) is 0. The first kappa shape index (κ1) is 12.9. The third kappa shape index (κ3) is 3.12. The van der Waals surface area contributed by atoms with Crippen molar-refractivity contribution in [3.05, 3.63) is 28.8 Å². The molecule has 1 aromatic carbocycles. The van der Waals surface area contributed by atoms with E-state index < -0.39 is 0 Å². The van der Waals surface area contributed by atoms with E-state index in [9.17, 15) is 0 Å². The fraction of sp³-hybridized carbons (Fsp3) is 0.500. The van der Waals surface area contributed by atoms with Gasteiger partial charge in [-0.1, -0.05) is 46.6 Å². The zero-order valence-corrected chi connectivity index (χ0v) is 11.6. The number of nitrogens with zero attached hydrogens (tertiary/aromatic N) is 1. The summed E-state index contributed by atoms with van der Waals surface area (Å²) in [6.45, 7) is 6.40. The summed E-state index contributed by atoms with van der Waals surface area (Å²) < 4.78 is 0. The average molecular weight is 291 g/mol. The maximum absolute atomic E-state index is 6.25. The van der Waals surface area contributed by atoms with Crippen molar-refractivity contribution in [2.24, 2.45) is 0 Å². The normalized spacial score (nSPS) is 10.4. The SMILES string of the molecule is CCCN(CC)c1c(Cl)cccc1CBr. The summed E-state index contributed by atoms with van der Waals surface area (Å²) in [7, 11) is 0. The van der Waals surface area contributed by atoms with Gasteiger partial charge in [-0.05, 0) is 25.0 Å². The molecule has 0 fully saturated rings. The maximum atomic E-state index is 6.25. The van der Waals surface area contributed by atoms with Gasteiger partial charge in [0.15, 0.2) is 0 Å². The van der Waals surface area contributed by atoms with Crippen molar-refractivity contribution in [2.75, 3.05) is 18.0 Å². The van der Waals surface area contributed by atoms with Crippen LogP contribution in [0, 0.1) is 0 Å². The van der Waals surface area contributed by atoms with E-state index in [2.05, 4.69) is 40.7 Å². The molecule has 0 aromatic heterocycles. The van der Waals surface area contributed by atoms with Crippen LogP contribution in [0.15, 0.2) is 18.2 Å². The molecular formula is C12H17BrClN. The molecule has 0 aliphatic heterocycles. The lowest BCUT2D eigenvalue weighted by atomic mass is 10.1. The zero-order valence-electron chi connectivity index (χ0n) is 9.26. The van der Waals surface area contributed by atoms with Crippen LogP contribution in [-0.4, -0.2) is 13.1 Å². The summed E-state index contributed by atoms with van der Waals surface area (Å²) in [6, 6.07) is 6.08. The highest BCUT2D eigenvalue weighted by molar-refractivity contribution is 9.08. The van der Waals surface area contributed by atoms with Crippen LogP contribution in [0.1, 0.15) is 25.8 Å². The Morgan fingerprint density at radius 3 is 2.60 bits per heavy atom. The molecule has 0 unspecified atom stereocenters. The molecule has 84 valence electrons. The molecule has 15 heavy (non-hydrogen) atoms. The van der Waals surface area contributed by atoms with E-state index in [4.69, 9.17) is 11.6 Å². The number of alkyl halides is 1. The molecule has 1 nitrogen and oxygen atoms in total. The molecule has 0 atom stereocenters. The average Bonchev–Trinajstić information content (AvgIpc) is 2.26. The molecule has 0 bridgehead atoms. The van der Waals surface area contributed by atoms with Crippen LogP contribution in [0.5, 0.6) is 0 Å². The predicted octanol–water partition coefficient (Wildman–Crippen LogP) is 4.47. The van der Waals surface area contributed by atoms with Crippen molar-refractivity contribution >= 4 is 33.2 Å². The number of para-hydroxylation sites is 1. The standard InChI is InChI=1S/C12H17BrClN/c1-3-8-15(4-2)12-10(9-13)6-5-7-11(12)14/h5-7H,3-4,8-9H2,1-2H3. The lowest BCUT2D eigenvalue weighted by Gasteiger charge is -2.26. The number of hydrogen-bond acceptors (Lipinski definition) is 1. The van der Waals surface area contributed by atoms with Gasteiger partial charge in [-0.15, -0.1) is 0 Å². The smallest absolute Gasteiger partial charge is 0.0642 e. The van der Waals surface area contributed by atoms with Gasteiger partial charge in [-0.3, -0.25) is 0 Å². The van der Waals surface area contributed by atoms with Crippen LogP contribution in [0.3, 0.4) is 0 Å². The van der Waals surface area contributed by atoms with Crippen LogP contribution in [0.25, 0.3) is 0 Å². The minimum absolute atomic E-state index is 0.849. The van der Waals surface area contributed by atoms with E-state index in [1.165, 1.54) is 11.3 Å². The van der Waals surface area contributed by atoms with Crippen LogP contribution in [-0.2, 0) is 5.33 Å². The number of rotatable bonds is 5. The maximum Gasteiger partial charge on any atom is 0.0642 e. The molecule has 0 aliphatic rings. The molecule has 1 aromatic rings. The van der Waals surface area contributed by atoms with Gasteiger partial charge >= 0.3 is 0 Å². The van der Waals surface area contributed by atoms with Gasteiger partial charge in [0.1, 0.15) is 0 Å². The molecule has 0 aliphatic carbocycles. The summed E-state index contributed by atoms with van der Waals surface area (Å²) in [4.78, 5) is 2.33. The molecule has 0 saturated heterocycles. The lowest BCUT2D eigenvalue weighted by molar-refractivity contribution is 0.789. The minimum atomic E-state index is 0.849. The van der Waals surface area contributed by atoms with Crippen molar-refractivity contribution in [1.82, 2.24) is 0 Å². The second kappa shape index (κ2) is 6.39. The Morgan fingerprint density at radius 2 is 2.07 bits per heavy atom. The van der Waals surface area contributed by atoms with Gasteiger partial charge in [-0.25, -0.2) is 0 Å². The summed E-state index contributed by atoms with van der Waals surface area (Å²) in [5, 5.41) is 1.70. The van der Waals surface area contributed by atoms with Crippen LogP contribution in [0.4, 0.5) is 5.69 Å². The summed E-state index contributed by atoms with van der Waals surface area (Å²) in [5.41, 5.74) is 2.44. The molecule has 3 heteroatoms. The number of anilines is 1. The van der Waals surface area contributed by atoms with Crippen LogP contribution in [0.2, 0.25) is 5.02 Å². The van der Waals surface area contributed by atoms with E-state index in [0.29, 0.717) is 0 Å². The quantitative estimate of drug-likeness (QED) is 0.723. The Morgan fingerprint density at radius 1 is 1.33 bits per heavy atom. The summed E-state index contributed by atoms with van der Waals surface area (Å²) >= 11 is 9.76. The van der Waals surface area contributed by atoms with Crippen molar-refractivity contribution in [3.63, 3.8) is 0 Å². The van der Waals surface area contributed by atoms with Crippen molar-refractivity contribution in [2.45, 2.75) is 25.6 Å². The first-order chi connectivity index (χ1) is 7.24. The number of hydrogen-bond donors (Lipinski definition) is 0. The van der Waals surface area contributed by atoms with E-state index in [0.717, 1.165) is 29.9 Å². The Balaban J connectivity index is 3.08. The van der Waals surface area contributed by atoms with E-state index in [-0.39, 0.29) is 0 Å². The Hall–Kier alpha value is -0.210. The number of benzene rings is 1. The highest BCUT2D eigenvalue weighted by atomic mass is 79.9.